The van der Waals surface area contributed by atoms with Crippen LogP contribution in [0.25, 0.3) is 11.3 Å². The summed E-state index contributed by atoms with van der Waals surface area (Å²) in [5.74, 6) is 0.424. The van der Waals surface area contributed by atoms with Crippen molar-refractivity contribution in [2.45, 2.75) is 38.6 Å². The summed E-state index contributed by atoms with van der Waals surface area (Å²) in [6, 6.07) is 13.9. The van der Waals surface area contributed by atoms with Crippen molar-refractivity contribution in [2.24, 2.45) is 0 Å². The smallest absolute Gasteiger partial charge is 0.417 e. The Bertz CT molecular complexity index is 1140. The number of amides is 1. The molecule has 34 heavy (non-hydrogen) atoms. The number of hydrogen-bond donors (Lipinski definition) is 2. The minimum absolute atomic E-state index is 0.271. The zero-order valence-corrected chi connectivity index (χ0v) is 19.5. The van der Waals surface area contributed by atoms with E-state index in [9.17, 15) is 18.0 Å². The van der Waals surface area contributed by atoms with Crippen LogP contribution in [0, 0.1) is 0 Å². The number of alkyl carbamates (subject to hydrolysis) is 1. The molecule has 0 bridgehead atoms. The summed E-state index contributed by atoms with van der Waals surface area (Å²) in [6.07, 6.45) is -3.81. The number of halogens is 4. The maximum atomic E-state index is 13.0. The molecule has 0 spiro atoms. The second-order valence-electron chi connectivity index (χ2n) is 8.47. The summed E-state index contributed by atoms with van der Waals surface area (Å²) in [4.78, 5) is 20.6. The Morgan fingerprint density at radius 3 is 2.38 bits per heavy atom. The Balaban J connectivity index is 1.77. The number of aromatic nitrogens is 2. The highest BCUT2D eigenvalue weighted by atomic mass is 35.5. The maximum Gasteiger partial charge on any atom is 0.417 e. The summed E-state index contributed by atoms with van der Waals surface area (Å²) in [7, 11) is 0. The lowest BCUT2D eigenvalue weighted by molar-refractivity contribution is -0.137. The Morgan fingerprint density at radius 2 is 1.76 bits per heavy atom. The second-order valence-corrected chi connectivity index (χ2v) is 8.88. The summed E-state index contributed by atoms with van der Waals surface area (Å²) < 4.78 is 44.3. The number of carbonyl (C=O) groups is 1. The van der Waals surface area contributed by atoms with Gasteiger partial charge in [-0.05, 0) is 38.5 Å². The topological polar surface area (TPSA) is 76.1 Å². The monoisotopic (exact) mass is 492 g/mol. The Morgan fingerprint density at radius 1 is 1.06 bits per heavy atom. The molecule has 180 valence electrons. The molecule has 10 heteroatoms. The van der Waals surface area contributed by atoms with Gasteiger partial charge in [-0.25, -0.2) is 14.8 Å². The Labute approximate surface area is 200 Å². The Kier molecular flexibility index (Phi) is 7.66. The van der Waals surface area contributed by atoms with Gasteiger partial charge in [0.25, 0.3) is 0 Å². The van der Waals surface area contributed by atoms with Gasteiger partial charge in [-0.1, -0.05) is 48.0 Å². The molecule has 0 saturated heterocycles. The predicted molar refractivity (Wildman–Crippen MR) is 125 cm³/mol. The fourth-order valence-electron chi connectivity index (χ4n) is 3.11. The van der Waals surface area contributed by atoms with Crippen LogP contribution in [0.1, 0.15) is 37.9 Å². The van der Waals surface area contributed by atoms with Gasteiger partial charge in [0, 0.05) is 18.2 Å². The van der Waals surface area contributed by atoms with Crippen LogP contribution in [0.4, 0.5) is 23.8 Å². The number of hydrogen-bond acceptors (Lipinski definition) is 5. The first-order valence-corrected chi connectivity index (χ1v) is 10.8. The molecule has 1 atom stereocenters. The van der Waals surface area contributed by atoms with Gasteiger partial charge in [0.2, 0.25) is 0 Å². The molecule has 6 nitrogen and oxygen atoms in total. The second kappa shape index (κ2) is 10.3. The van der Waals surface area contributed by atoms with E-state index >= 15 is 0 Å². The molecule has 0 aliphatic rings. The van der Waals surface area contributed by atoms with Gasteiger partial charge in [-0.3, -0.25) is 0 Å². The van der Waals surface area contributed by atoms with Crippen molar-refractivity contribution >= 4 is 23.5 Å². The molecule has 1 aromatic heterocycles. The zero-order valence-electron chi connectivity index (χ0n) is 18.8. The normalized spacial score (nSPS) is 12.7. The number of alkyl halides is 3. The van der Waals surface area contributed by atoms with Crippen molar-refractivity contribution in [3.05, 3.63) is 77.1 Å². The van der Waals surface area contributed by atoms with Crippen molar-refractivity contribution in [1.82, 2.24) is 15.3 Å². The molecule has 2 N–H and O–H groups in total. The van der Waals surface area contributed by atoms with Gasteiger partial charge in [0.1, 0.15) is 17.7 Å². The van der Waals surface area contributed by atoms with Gasteiger partial charge in [-0.15, -0.1) is 0 Å². The van der Waals surface area contributed by atoms with Crippen LogP contribution in [0.15, 0.2) is 60.9 Å². The molecule has 3 rings (SSSR count). The largest absolute Gasteiger partial charge is 0.444 e. The van der Waals surface area contributed by atoms with E-state index in [2.05, 4.69) is 20.6 Å². The van der Waals surface area contributed by atoms with E-state index < -0.39 is 34.5 Å². The number of rotatable bonds is 6. The molecule has 0 radical (unpaired) electrons. The van der Waals surface area contributed by atoms with Crippen molar-refractivity contribution in [3.63, 3.8) is 0 Å². The van der Waals surface area contributed by atoms with E-state index in [0.717, 1.165) is 11.6 Å². The first-order chi connectivity index (χ1) is 15.9. The number of nitrogens with one attached hydrogen (secondary N) is 2. The first kappa shape index (κ1) is 25.3. The quantitative estimate of drug-likeness (QED) is 0.411. The average Bonchev–Trinajstić information content (AvgIpc) is 2.75. The van der Waals surface area contributed by atoms with Gasteiger partial charge in [0.05, 0.1) is 22.3 Å². The lowest BCUT2D eigenvalue weighted by Crippen LogP contribution is -2.37. The predicted octanol–water partition coefficient (Wildman–Crippen LogP) is 6.49. The minimum atomic E-state index is -4.54. The summed E-state index contributed by atoms with van der Waals surface area (Å²) >= 11 is 5.84. The Hall–Kier alpha value is -3.33. The zero-order chi connectivity index (χ0) is 24.9. The van der Waals surface area contributed by atoms with Crippen LogP contribution in [-0.4, -0.2) is 28.2 Å². The van der Waals surface area contributed by atoms with Crippen LogP contribution >= 0.6 is 11.6 Å². The third-order valence-corrected chi connectivity index (χ3v) is 4.93. The fraction of sp³-hybridized carbons (Fsp3) is 0.292. The van der Waals surface area contributed by atoms with Crippen LogP contribution in [-0.2, 0) is 10.9 Å². The molecular weight excluding hydrogens is 469 g/mol. The minimum Gasteiger partial charge on any atom is -0.444 e. The van der Waals surface area contributed by atoms with Crippen LogP contribution in [0.2, 0.25) is 5.02 Å². The first-order valence-electron chi connectivity index (χ1n) is 10.4. The highest BCUT2D eigenvalue weighted by Crippen LogP contribution is 2.36. The molecule has 3 aromatic rings. The molecule has 0 aliphatic carbocycles. The van der Waals surface area contributed by atoms with E-state index in [1.807, 2.05) is 30.3 Å². The molecule has 1 amide bonds. The SMILES string of the molecule is CC(C)(C)OC(=O)N[C@@H](CNc1cc(-c2ccc(C(F)(F)F)c(Cl)c2)ncn1)c1ccccc1. The van der Waals surface area contributed by atoms with E-state index in [-0.39, 0.29) is 6.54 Å². The number of benzene rings is 2. The van der Waals surface area contributed by atoms with Gasteiger partial charge in [0.15, 0.2) is 0 Å². The number of carbonyl (C=O) groups excluding carboxylic acids is 1. The molecule has 0 aliphatic heterocycles. The van der Waals surface area contributed by atoms with Crippen molar-refractivity contribution < 1.29 is 22.7 Å². The van der Waals surface area contributed by atoms with E-state index in [1.165, 1.54) is 18.5 Å². The van der Waals surface area contributed by atoms with Crippen molar-refractivity contribution in [2.75, 3.05) is 11.9 Å². The summed E-state index contributed by atoms with van der Waals surface area (Å²) in [5.41, 5.74) is 0.0943. The highest BCUT2D eigenvalue weighted by Gasteiger charge is 2.33. The molecule has 0 unspecified atom stereocenters. The summed E-state index contributed by atoms with van der Waals surface area (Å²) in [5, 5.41) is 5.57. The van der Waals surface area contributed by atoms with Gasteiger partial charge < -0.3 is 15.4 Å². The van der Waals surface area contributed by atoms with Gasteiger partial charge >= 0.3 is 12.3 Å². The maximum absolute atomic E-state index is 13.0. The van der Waals surface area contributed by atoms with E-state index in [1.54, 1.807) is 26.8 Å². The standard InChI is InChI=1S/C24H24ClF3N4O2/c1-23(2,3)34-22(33)32-20(15-7-5-4-6-8-15)13-29-21-12-19(30-14-31-21)16-9-10-17(18(25)11-16)24(26,27)28/h4-12,14,20H,13H2,1-3H3,(H,32,33)(H,29,30,31)/t20-/m0/s1. The average molecular weight is 493 g/mol. The third kappa shape index (κ3) is 7.08. The van der Waals surface area contributed by atoms with Crippen LogP contribution in [0.5, 0.6) is 0 Å². The lowest BCUT2D eigenvalue weighted by atomic mass is 10.1. The lowest BCUT2D eigenvalue weighted by Gasteiger charge is -2.24. The summed E-state index contributed by atoms with van der Waals surface area (Å²) in [6.45, 7) is 5.60. The van der Waals surface area contributed by atoms with Crippen molar-refractivity contribution in [3.8, 4) is 11.3 Å². The molecule has 0 saturated carbocycles. The fourth-order valence-corrected chi connectivity index (χ4v) is 3.40. The number of anilines is 1. The molecule has 0 fully saturated rings. The van der Waals surface area contributed by atoms with Crippen LogP contribution in [0.3, 0.4) is 0 Å². The number of nitrogens with zero attached hydrogens (tertiary/aromatic N) is 2. The van der Waals surface area contributed by atoms with Crippen LogP contribution < -0.4 is 10.6 Å². The van der Waals surface area contributed by atoms with E-state index in [4.69, 9.17) is 16.3 Å². The molecule has 1 heterocycles. The van der Waals surface area contributed by atoms with Crippen molar-refractivity contribution in [1.29, 1.82) is 0 Å². The molecular formula is C24H24ClF3N4O2. The molecule has 2 aromatic carbocycles. The number of ether oxygens (including phenoxy) is 1. The van der Waals surface area contributed by atoms with E-state index in [0.29, 0.717) is 17.1 Å². The van der Waals surface area contributed by atoms with Gasteiger partial charge in [-0.2, -0.15) is 13.2 Å². The third-order valence-electron chi connectivity index (χ3n) is 4.62. The highest BCUT2D eigenvalue weighted by molar-refractivity contribution is 6.31.